The lowest BCUT2D eigenvalue weighted by Gasteiger charge is -2.42. The highest BCUT2D eigenvalue weighted by molar-refractivity contribution is 5.95. The van der Waals surface area contributed by atoms with Crippen molar-refractivity contribution >= 4 is 17.7 Å². The number of aromatic amines is 1. The first kappa shape index (κ1) is 31.9. The lowest BCUT2D eigenvalue weighted by molar-refractivity contribution is -0.131. The molecule has 7 rings (SSSR count). The van der Waals surface area contributed by atoms with Crippen molar-refractivity contribution in [1.82, 2.24) is 40.6 Å². The molecule has 12 heteroatoms. The Morgan fingerprint density at radius 1 is 0.958 bits per heavy atom. The fraction of sp³-hybridized carbons (Fsp3) is 0.528. The molecule has 3 amide bonds. The first-order valence-electron chi connectivity index (χ1n) is 17.0. The van der Waals surface area contributed by atoms with Crippen molar-refractivity contribution in [3.05, 3.63) is 75.6 Å². The second-order valence-corrected chi connectivity index (χ2v) is 14.5. The third-order valence-electron chi connectivity index (χ3n) is 11.1. The highest BCUT2D eigenvalue weighted by atomic mass is 16.2. The first-order valence-corrected chi connectivity index (χ1v) is 17.0. The molecule has 3 fully saturated rings. The molecule has 12 nitrogen and oxygen atoms in total. The maximum Gasteiger partial charge on any atom is 0.253 e. The fourth-order valence-electron chi connectivity index (χ4n) is 8.74. The van der Waals surface area contributed by atoms with Gasteiger partial charge in [0.15, 0.2) is 5.82 Å². The van der Waals surface area contributed by atoms with Gasteiger partial charge in [0.2, 0.25) is 5.91 Å². The molecule has 3 atom stereocenters. The van der Waals surface area contributed by atoms with Crippen molar-refractivity contribution in [2.45, 2.75) is 80.8 Å². The molecule has 250 valence electrons. The number of fused-ring (bicyclic) bond motifs is 3. The van der Waals surface area contributed by atoms with Gasteiger partial charge in [0.1, 0.15) is 6.04 Å². The van der Waals surface area contributed by atoms with Crippen LogP contribution in [0.3, 0.4) is 0 Å². The van der Waals surface area contributed by atoms with Crippen LogP contribution in [0, 0.1) is 17.2 Å². The molecule has 1 saturated heterocycles. The number of hydrogen-bond acceptors (Lipinski definition) is 8. The monoisotopic (exact) mass is 649 g/mol. The number of nitriles is 1. The molecule has 2 saturated carbocycles. The molecular formula is C36H43N9O3. The summed E-state index contributed by atoms with van der Waals surface area (Å²) in [5.74, 6) is 0.785. The Bertz CT molecular complexity index is 1720. The van der Waals surface area contributed by atoms with Crippen molar-refractivity contribution in [2.24, 2.45) is 5.92 Å². The van der Waals surface area contributed by atoms with Gasteiger partial charge in [-0.15, -0.1) is 10.2 Å². The Morgan fingerprint density at radius 2 is 1.56 bits per heavy atom. The van der Waals surface area contributed by atoms with Crippen molar-refractivity contribution < 1.29 is 14.4 Å². The summed E-state index contributed by atoms with van der Waals surface area (Å²) < 4.78 is 0. The molecule has 4 aliphatic rings. The minimum atomic E-state index is -0.904. The standard InChI is InChI=1S/C36H43N9O3/c1-43(2)32(47)24-9-11-28-22(15-24)7-8-23-16-25(33(48)44(3)4)10-12-29(23)36(28,34-39-41-42-40-34)21-35(13-5-6-14-35)38-20-31(46)45-27(19-37)17-26-18-30(26)45/h9-12,15-16,26-27,30,38H,5-8,13-14,17-18,20-21H2,1-4H3,(H,39,40,41,42)/t26-,27+,30+/m1/s1. The number of amides is 3. The van der Waals surface area contributed by atoms with Crippen molar-refractivity contribution in [3.8, 4) is 6.07 Å². The second kappa shape index (κ2) is 12.1. The van der Waals surface area contributed by atoms with Crippen LogP contribution < -0.4 is 5.32 Å². The smallest absolute Gasteiger partial charge is 0.253 e. The summed E-state index contributed by atoms with van der Waals surface area (Å²) >= 11 is 0. The van der Waals surface area contributed by atoms with Gasteiger partial charge in [-0.2, -0.15) is 10.5 Å². The molecule has 48 heavy (non-hydrogen) atoms. The van der Waals surface area contributed by atoms with Gasteiger partial charge in [-0.05, 0) is 97.4 Å². The number of rotatable bonds is 8. The van der Waals surface area contributed by atoms with E-state index in [1.54, 1.807) is 38.0 Å². The highest BCUT2D eigenvalue weighted by Gasteiger charge is 2.55. The topological polar surface area (TPSA) is 151 Å². The molecule has 0 spiro atoms. The molecule has 0 bridgehead atoms. The average Bonchev–Trinajstić information content (AvgIpc) is 3.44. The van der Waals surface area contributed by atoms with Gasteiger partial charge in [0.25, 0.3) is 11.8 Å². The number of aromatic nitrogens is 4. The normalized spacial score (nSPS) is 22.9. The van der Waals surface area contributed by atoms with Gasteiger partial charge in [-0.3, -0.25) is 14.4 Å². The number of likely N-dealkylation sites (tertiary alicyclic amines) is 1. The van der Waals surface area contributed by atoms with Crippen molar-refractivity contribution in [3.63, 3.8) is 0 Å². The van der Waals surface area contributed by atoms with Gasteiger partial charge in [0, 0.05) is 50.9 Å². The quantitative estimate of drug-likeness (QED) is 0.378. The Kier molecular flexibility index (Phi) is 8.06. The van der Waals surface area contributed by atoms with Gasteiger partial charge in [0.05, 0.1) is 18.0 Å². The predicted octanol–water partition coefficient (Wildman–Crippen LogP) is 2.84. The molecule has 3 aliphatic carbocycles. The maximum atomic E-state index is 13.7. The number of piperidine rings is 1. The fourth-order valence-corrected chi connectivity index (χ4v) is 8.74. The number of benzene rings is 2. The molecule has 0 unspecified atom stereocenters. The molecule has 2 heterocycles. The van der Waals surface area contributed by atoms with Crippen LogP contribution in [-0.4, -0.2) is 105 Å². The van der Waals surface area contributed by atoms with Crippen LogP contribution in [-0.2, 0) is 23.1 Å². The lowest BCUT2D eigenvalue weighted by atomic mass is 9.64. The third kappa shape index (κ3) is 5.34. The van der Waals surface area contributed by atoms with E-state index in [0.717, 1.165) is 60.8 Å². The SMILES string of the molecule is CN(C)C(=O)c1ccc2c(c1)CCc1cc(C(=O)N(C)C)ccc1C2(CC1(NCC(=O)N2[C@H](C#N)C[C@@H]3C[C@@H]32)CCCC1)c1nn[nH]n1. The van der Waals surface area contributed by atoms with E-state index in [1.807, 2.05) is 41.3 Å². The molecule has 1 aromatic heterocycles. The number of nitrogens with one attached hydrogen (secondary N) is 2. The summed E-state index contributed by atoms with van der Waals surface area (Å²) in [6.07, 6.45) is 7.32. The molecule has 3 aromatic rings. The van der Waals surface area contributed by atoms with E-state index in [2.05, 4.69) is 32.0 Å². The Balaban J connectivity index is 1.36. The summed E-state index contributed by atoms with van der Waals surface area (Å²) in [7, 11) is 6.99. The summed E-state index contributed by atoms with van der Waals surface area (Å²) in [6, 6.07) is 14.0. The summed E-state index contributed by atoms with van der Waals surface area (Å²) in [4.78, 5) is 45.0. The zero-order chi connectivity index (χ0) is 33.8. The molecule has 1 aliphatic heterocycles. The van der Waals surface area contributed by atoms with E-state index < -0.39 is 11.0 Å². The Hall–Kier alpha value is -4.63. The zero-order valence-corrected chi connectivity index (χ0v) is 28.1. The van der Waals surface area contributed by atoms with Gasteiger partial charge < -0.3 is 20.0 Å². The first-order chi connectivity index (χ1) is 23.1. The lowest BCUT2D eigenvalue weighted by Crippen LogP contribution is -2.53. The minimum Gasteiger partial charge on any atom is -0.345 e. The Labute approximate surface area is 280 Å². The van der Waals surface area contributed by atoms with Gasteiger partial charge >= 0.3 is 0 Å². The molecule has 2 aromatic carbocycles. The second-order valence-electron chi connectivity index (χ2n) is 14.5. The molecular weight excluding hydrogens is 606 g/mol. The predicted molar refractivity (Wildman–Crippen MR) is 177 cm³/mol. The van der Waals surface area contributed by atoms with E-state index >= 15 is 0 Å². The minimum absolute atomic E-state index is 0.0215. The number of carbonyl (C=O) groups is 3. The number of aryl methyl sites for hydroxylation is 2. The van der Waals surface area contributed by atoms with Crippen LogP contribution in [0.15, 0.2) is 36.4 Å². The van der Waals surface area contributed by atoms with Crippen molar-refractivity contribution in [1.29, 1.82) is 5.26 Å². The Morgan fingerprint density at radius 3 is 2.08 bits per heavy atom. The number of carbonyl (C=O) groups excluding carboxylic acids is 3. The van der Waals surface area contributed by atoms with Crippen molar-refractivity contribution in [2.75, 3.05) is 34.7 Å². The van der Waals surface area contributed by atoms with E-state index in [0.29, 0.717) is 42.1 Å². The van der Waals surface area contributed by atoms with E-state index in [-0.39, 0.29) is 36.3 Å². The van der Waals surface area contributed by atoms with E-state index in [4.69, 9.17) is 0 Å². The number of H-pyrrole nitrogens is 1. The van der Waals surface area contributed by atoms with E-state index in [9.17, 15) is 19.6 Å². The summed E-state index contributed by atoms with van der Waals surface area (Å²) in [5, 5.41) is 29.6. The zero-order valence-electron chi connectivity index (χ0n) is 28.1. The third-order valence-corrected chi connectivity index (χ3v) is 11.1. The number of tetrazole rings is 1. The summed E-state index contributed by atoms with van der Waals surface area (Å²) in [5.41, 5.74) is 3.87. The van der Waals surface area contributed by atoms with Crippen LogP contribution in [0.4, 0.5) is 0 Å². The number of hydrogen-bond donors (Lipinski definition) is 2. The largest absolute Gasteiger partial charge is 0.345 e. The molecule has 2 N–H and O–H groups in total. The van der Waals surface area contributed by atoms with Crippen LogP contribution in [0.1, 0.15) is 93.7 Å². The maximum absolute atomic E-state index is 13.7. The van der Waals surface area contributed by atoms with Gasteiger partial charge in [-0.25, -0.2) is 0 Å². The van der Waals surface area contributed by atoms with Crippen LogP contribution in [0.25, 0.3) is 0 Å². The van der Waals surface area contributed by atoms with Gasteiger partial charge in [-0.1, -0.05) is 30.2 Å². The summed E-state index contributed by atoms with van der Waals surface area (Å²) in [6.45, 7) is 0.149. The van der Waals surface area contributed by atoms with Crippen LogP contribution in [0.5, 0.6) is 0 Å². The highest BCUT2D eigenvalue weighted by Crippen LogP contribution is 2.52. The number of nitrogens with zero attached hydrogens (tertiary/aromatic N) is 7. The molecule has 0 radical (unpaired) electrons. The van der Waals surface area contributed by atoms with Crippen LogP contribution >= 0.6 is 0 Å². The van der Waals surface area contributed by atoms with E-state index in [1.165, 1.54) is 0 Å². The van der Waals surface area contributed by atoms with Crippen LogP contribution in [0.2, 0.25) is 0 Å². The average molecular weight is 650 g/mol.